The number of ether oxygens (including phenoxy) is 4. The molecule has 0 aliphatic carbocycles. The van der Waals surface area contributed by atoms with Gasteiger partial charge in [0.05, 0.1) is 42.3 Å². The van der Waals surface area contributed by atoms with Crippen molar-refractivity contribution in [3.63, 3.8) is 0 Å². The van der Waals surface area contributed by atoms with Crippen molar-refractivity contribution >= 4 is 5.91 Å². The number of methoxy groups -OCH3 is 1. The van der Waals surface area contributed by atoms with Crippen LogP contribution in [0.1, 0.15) is 19.0 Å². The first kappa shape index (κ1) is 27.1. The molecule has 2 aromatic heterocycles. The summed E-state index contributed by atoms with van der Waals surface area (Å²) in [5.74, 6) is 0.0947. The number of piperazine rings is 1. The van der Waals surface area contributed by atoms with Crippen molar-refractivity contribution in [2.75, 3.05) is 66.8 Å². The number of rotatable bonds is 8. The number of likely N-dealkylation sites (N-methyl/N-ethyl adjacent to an activating group) is 1. The molecule has 0 atom stereocenters. The molecule has 0 bridgehead atoms. The Kier molecular flexibility index (Phi) is 8.17. The highest BCUT2D eigenvalue weighted by Crippen LogP contribution is 2.36. The zero-order valence-corrected chi connectivity index (χ0v) is 22.4. The van der Waals surface area contributed by atoms with Crippen molar-refractivity contribution in [3.05, 3.63) is 48.2 Å². The highest BCUT2D eigenvalue weighted by atomic mass is 19.1. The van der Waals surface area contributed by atoms with Crippen LogP contribution in [0.2, 0.25) is 0 Å². The summed E-state index contributed by atoms with van der Waals surface area (Å²) in [7, 11) is 3.64. The molecular weight excluding hydrogens is 507 g/mol. The summed E-state index contributed by atoms with van der Waals surface area (Å²) in [6.45, 7) is 6.01. The number of benzene rings is 1. The molecule has 1 amide bonds. The molecule has 208 valence electrons. The molecule has 0 unspecified atom stereocenters. The second-order valence-corrected chi connectivity index (χ2v) is 10.0. The van der Waals surface area contributed by atoms with E-state index in [9.17, 15) is 9.18 Å². The Labute approximate surface area is 226 Å². The Bertz CT molecular complexity index is 1270. The van der Waals surface area contributed by atoms with Gasteiger partial charge in [0, 0.05) is 45.0 Å². The molecule has 2 fully saturated rings. The normalized spacial score (nSPS) is 22.2. The van der Waals surface area contributed by atoms with E-state index in [0.29, 0.717) is 54.8 Å². The number of carbonyl (C=O) groups excluding carboxylic acids is 1. The average Bonchev–Trinajstić information content (AvgIpc) is 3.40. The summed E-state index contributed by atoms with van der Waals surface area (Å²) in [4.78, 5) is 34.1. The molecule has 11 nitrogen and oxygen atoms in total. The van der Waals surface area contributed by atoms with Gasteiger partial charge < -0.3 is 33.7 Å². The van der Waals surface area contributed by atoms with Gasteiger partial charge in [-0.15, -0.1) is 0 Å². The number of amides is 1. The first-order valence-electron chi connectivity index (χ1n) is 12.9. The third-order valence-electron chi connectivity index (χ3n) is 6.88. The van der Waals surface area contributed by atoms with Crippen molar-refractivity contribution in [3.8, 4) is 28.7 Å². The maximum Gasteiger partial charge on any atom is 0.317 e. The third-order valence-corrected chi connectivity index (χ3v) is 6.88. The summed E-state index contributed by atoms with van der Waals surface area (Å²) >= 11 is 0. The zero-order chi connectivity index (χ0) is 27.4. The fourth-order valence-electron chi connectivity index (χ4n) is 4.55. The molecule has 0 saturated carbocycles. The van der Waals surface area contributed by atoms with E-state index in [1.807, 2.05) is 11.8 Å². The summed E-state index contributed by atoms with van der Waals surface area (Å²) in [6.07, 6.45) is 0.771. The van der Waals surface area contributed by atoms with Crippen LogP contribution < -0.4 is 4.74 Å². The molecule has 2 saturated heterocycles. The van der Waals surface area contributed by atoms with Gasteiger partial charge in [0.25, 0.3) is 0 Å². The molecule has 4 heterocycles. The molecule has 0 radical (unpaired) electrons. The first-order valence-corrected chi connectivity index (χ1v) is 12.9. The highest BCUT2D eigenvalue weighted by Gasteiger charge is 2.43. The van der Waals surface area contributed by atoms with Gasteiger partial charge in [-0.2, -0.15) is 4.98 Å². The number of hydrogen-bond acceptors (Lipinski definition) is 9. The first-order chi connectivity index (χ1) is 18.9. The minimum atomic E-state index is -0.814. The Morgan fingerprint density at radius 1 is 1.10 bits per heavy atom. The summed E-state index contributed by atoms with van der Waals surface area (Å²) < 4.78 is 36.4. The van der Waals surface area contributed by atoms with Gasteiger partial charge in [0.1, 0.15) is 12.4 Å². The van der Waals surface area contributed by atoms with E-state index in [1.165, 1.54) is 12.1 Å². The Hall–Kier alpha value is -3.45. The summed E-state index contributed by atoms with van der Waals surface area (Å²) in [5, 5.41) is 0. The lowest BCUT2D eigenvalue weighted by atomic mass is 9.90. The lowest BCUT2D eigenvalue weighted by molar-refractivity contribution is -0.234. The fraction of sp³-hybridized carbons (Fsp3) is 0.481. The number of aromatic nitrogens is 4. The van der Waals surface area contributed by atoms with Gasteiger partial charge in [0.15, 0.2) is 5.82 Å². The monoisotopic (exact) mass is 540 g/mol. The predicted molar refractivity (Wildman–Crippen MR) is 139 cm³/mol. The van der Waals surface area contributed by atoms with Gasteiger partial charge in [-0.05, 0) is 44.3 Å². The van der Waals surface area contributed by atoms with Crippen LogP contribution in [0.15, 0.2) is 36.5 Å². The van der Waals surface area contributed by atoms with Gasteiger partial charge in [-0.25, -0.2) is 14.4 Å². The number of H-pyrrole nitrogens is 1. The molecular formula is C27H33FN6O5. The number of nitrogens with zero attached hydrogens (tertiary/aromatic N) is 5. The number of hydrogen-bond donors (Lipinski definition) is 1. The predicted octanol–water partition coefficient (Wildman–Crippen LogP) is 2.52. The van der Waals surface area contributed by atoms with E-state index in [0.717, 1.165) is 13.1 Å². The van der Waals surface area contributed by atoms with Crippen molar-refractivity contribution in [2.45, 2.75) is 13.2 Å². The van der Waals surface area contributed by atoms with Crippen LogP contribution in [0.4, 0.5) is 4.39 Å². The molecule has 5 rings (SSSR count). The topological polar surface area (TPSA) is 115 Å². The Balaban J connectivity index is 1.37. The minimum absolute atomic E-state index is 0.0307. The Morgan fingerprint density at radius 2 is 1.82 bits per heavy atom. The molecule has 1 aromatic carbocycles. The van der Waals surface area contributed by atoms with E-state index in [1.54, 1.807) is 31.5 Å². The van der Waals surface area contributed by atoms with Gasteiger partial charge in [0.2, 0.25) is 12.2 Å². The van der Waals surface area contributed by atoms with Crippen LogP contribution in [0.3, 0.4) is 0 Å². The van der Waals surface area contributed by atoms with Crippen molar-refractivity contribution in [1.82, 2.24) is 29.7 Å². The quantitative estimate of drug-likeness (QED) is 0.431. The smallest absolute Gasteiger partial charge is 0.317 e. The van der Waals surface area contributed by atoms with Crippen LogP contribution in [0.25, 0.3) is 22.6 Å². The second kappa shape index (κ2) is 11.7. The van der Waals surface area contributed by atoms with Gasteiger partial charge in [-0.3, -0.25) is 4.79 Å². The van der Waals surface area contributed by atoms with Crippen LogP contribution in [0, 0.1) is 11.2 Å². The standard InChI is InChI=1S/C27H33FN6O5/c1-27(25(35)34-12-10-33(2)11-13-34)16-38-24(39-17-27)23-31-21(18-4-6-19(28)7-5-18)22(32-23)20-8-9-29-26(30-20)37-15-14-36-3/h4-9,24H,10-17H2,1-3H3,(H,31,32). The number of nitrogens with one attached hydrogen (secondary N) is 1. The van der Waals surface area contributed by atoms with Crippen molar-refractivity contribution in [2.24, 2.45) is 5.41 Å². The molecule has 12 heteroatoms. The molecule has 3 aromatic rings. The van der Waals surface area contributed by atoms with Crippen molar-refractivity contribution in [1.29, 1.82) is 0 Å². The van der Waals surface area contributed by atoms with Gasteiger partial charge in [-0.1, -0.05) is 0 Å². The maximum atomic E-state index is 13.7. The SMILES string of the molecule is COCCOc1nccc(-c2[nH]c(C3OCC(C)(C(=O)N4CCN(C)CC4)CO3)nc2-c2ccc(F)cc2)n1. The number of carbonyl (C=O) groups is 1. The zero-order valence-electron chi connectivity index (χ0n) is 22.4. The van der Waals surface area contributed by atoms with Crippen LogP contribution >= 0.6 is 0 Å². The number of halogens is 1. The lowest BCUT2D eigenvalue weighted by Gasteiger charge is -2.41. The van der Waals surface area contributed by atoms with Crippen LogP contribution in [-0.4, -0.2) is 102 Å². The number of aromatic amines is 1. The largest absolute Gasteiger partial charge is 0.461 e. The van der Waals surface area contributed by atoms with Crippen molar-refractivity contribution < 1.29 is 28.1 Å². The third kappa shape index (κ3) is 6.09. The summed E-state index contributed by atoms with van der Waals surface area (Å²) in [5.41, 5.74) is 1.54. The summed E-state index contributed by atoms with van der Waals surface area (Å²) in [6, 6.07) is 7.94. The van der Waals surface area contributed by atoms with E-state index >= 15 is 0 Å². The highest BCUT2D eigenvalue weighted by molar-refractivity contribution is 5.83. The van der Waals surface area contributed by atoms with E-state index < -0.39 is 11.7 Å². The molecule has 39 heavy (non-hydrogen) atoms. The molecule has 1 N–H and O–H groups in total. The lowest BCUT2D eigenvalue weighted by Crippen LogP contribution is -2.55. The van der Waals surface area contributed by atoms with Gasteiger partial charge >= 0.3 is 6.01 Å². The molecule has 2 aliphatic rings. The van der Waals surface area contributed by atoms with E-state index in [2.05, 4.69) is 26.9 Å². The average molecular weight is 541 g/mol. The number of imidazole rings is 1. The van der Waals surface area contributed by atoms with Crippen LogP contribution in [-0.2, 0) is 19.0 Å². The molecule has 0 spiro atoms. The molecule has 2 aliphatic heterocycles. The van der Waals surface area contributed by atoms with E-state index in [4.69, 9.17) is 23.9 Å². The van der Waals surface area contributed by atoms with Crippen LogP contribution in [0.5, 0.6) is 6.01 Å². The Morgan fingerprint density at radius 3 is 2.51 bits per heavy atom. The van der Waals surface area contributed by atoms with E-state index in [-0.39, 0.29) is 30.9 Å². The second-order valence-electron chi connectivity index (χ2n) is 10.0. The minimum Gasteiger partial charge on any atom is -0.461 e. The fourth-order valence-corrected chi connectivity index (χ4v) is 4.55. The maximum absolute atomic E-state index is 13.7.